The SMILES string of the molecule is CC/C=C\C/C=C\C/C=C\C/C=C\C/C=C\CCCC(=O)NC(COC1OC(CO)C(OC2OC(CO)C(OC3OC(CO)C(O)C(O)C3O)C(O)C2O)C(O)C1O)C(O)/C=C/CCCCCCCC. The molecule has 0 radical (unpaired) electrons. The fraction of sp³-hybridized carbons (Fsp3) is 0.745. The largest absolute Gasteiger partial charge is 0.394 e. The van der Waals surface area contributed by atoms with Crippen LogP contribution in [0.25, 0.3) is 0 Å². The highest BCUT2D eigenvalue weighted by Crippen LogP contribution is 2.33. The molecule has 0 bridgehead atoms. The van der Waals surface area contributed by atoms with E-state index in [0.29, 0.717) is 12.8 Å². The van der Waals surface area contributed by atoms with Gasteiger partial charge in [0.05, 0.1) is 38.6 Å². The fourth-order valence-corrected chi connectivity index (χ4v) is 8.05. The standard InChI is InChI=1S/C51H85NO18/c1-3-5-7-9-11-13-14-15-16-17-18-19-20-21-23-25-27-29-39(57)52-34(35(56)28-26-24-22-12-10-8-6-4-2)33-65-49-45(63)42(60)47(37(31-54)67-49)70-51-46(64)43(61)48(38(32-55)68-51)69-50-44(62)41(59)40(58)36(30-53)66-50/h5,7,11,13,15-16,18-19,21,23,26,28,34-38,40-51,53-56,58-64H,3-4,6,8-10,12,14,17,20,22,24-25,27,29-33H2,1-2H3,(H,52,57)/b7-5-,13-11-,16-15-,19-18-,23-21-,28-26+. The number of hydrogen-bond donors (Lipinski definition) is 12. The highest BCUT2D eigenvalue weighted by atomic mass is 16.8. The van der Waals surface area contributed by atoms with Crippen molar-refractivity contribution in [2.45, 2.75) is 214 Å². The molecule has 3 rings (SSSR count). The first-order valence-corrected chi connectivity index (χ1v) is 25.2. The smallest absolute Gasteiger partial charge is 0.220 e. The number of hydrogen-bond acceptors (Lipinski definition) is 18. The van der Waals surface area contributed by atoms with Gasteiger partial charge >= 0.3 is 0 Å². The van der Waals surface area contributed by atoms with E-state index >= 15 is 0 Å². The molecule has 0 aromatic rings. The molecular weight excluding hydrogens is 915 g/mol. The molecule has 70 heavy (non-hydrogen) atoms. The van der Waals surface area contributed by atoms with Crippen molar-refractivity contribution in [2.24, 2.45) is 0 Å². The molecule has 0 spiro atoms. The highest BCUT2D eigenvalue weighted by Gasteiger charge is 2.53. The first-order chi connectivity index (χ1) is 33.8. The number of ether oxygens (including phenoxy) is 6. The summed E-state index contributed by atoms with van der Waals surface area (Å²) in [6.07, 6.45) is 10.8. The van der Waals surface area contributed by atoms with Gasteiger partial charge < -0.3 is 89.9 Å². The van der Waals surface area contributed by atoms with Gasteiger partial charge in [0, 0.05) is 6.42 Å². The van der Waals surface area contributed by atoms with E-state index in [1.165, 1.54) is 12.8 Å². The number of aliphatic hydroxyl groups excluding tert-OH is 11. The maximum absolute atomic E-state index is 13.2. The van der Waals surface area contributed by atoms with Crippen LogP contribution < -0.4 is 5.32 Å². The third kappa shape index (κ3) is 21.0. The fourth-order valence-electron chi connectivity index (χ4n) is 8.05. The maximum Gasteiger partial charge on any atom is 0.220 e. The minimum atomic E-state index is -1.98. The van der Waals surface area contributed by atoms with Crippen molar-refractivity contribution in [3.63, 3.8) is 0 Å². The average Bonchev–Trinajstić information content (AvgIpc) is 3.35. The van der Waals surface area contributed by atoms with Crippen molar-refractivity contribution in [1.82, 2.24) is 5.32 Å². The Morgan fingerprint density at radius 3 is 1.53 bits per heavy atom. The number of unbranched alkanes of at least 4 members (excludes halogenated alkanes) is 7. The van der Waals surface area contributed by atoms with E-state index in [1.807, 2.05) is 18.2 Å². The van der Waals surface area contributed by atoms with Crippen molar-refractivity contribution in [1.29, 1.82) is 0 Å². The molecule has 3 fully saturated rings. The molecular formula is C51H85NO18. The third-order valence-electron chi connectivity index (χ3n) is 12.3. The minimum absolute atomic E-state index is 0.160. The first-order valence-electron chi connectivity index (χ1n) is 25.2. The number of amides is 1. The van der Waals surface area contributed by atoms with E-state index in [1.54, 1.807) is 6.08 Å². The van der Waals surface area contributed by atoms with Gasteiger partial charge in [-0.25, -0.2) is 0 Å². The van der Waals surface area contributed by atoms with Gasteiger partial charge in [0.1, 0.15) is 73.2 Å². The number of nitrogens with one attached hydrogen (secondary N) is 1. The van der Waals surface area contributed by atoms with Crippen molar-refractivity contribution < 1.29 is 89.4 Å². The van der Waals surface area contributed by atoms with Gasteiger partial charge in [-0.2, -0.15) is 0 Å². The molecule has 0 aromatic heterocycles. The summed E-state index contributed by atoms with van der Waals surface area (Å²) in [6.45, 7) is 1.45. The second kappa shape index (κ2) is 35.4. The number of allylic oxidation sites excluding steroid dienone is 11. The molecule has 1 amide bonds. The van der Waals surface area contributed by atoms with Gasteiger partial charge in [0.15, 0.2) is 18.9 Å². The van der Waals surface area contributed by atoms with Crippen LogP contribution >= 0.6 is 0 Å². The molecule has 402 valence electrons. The Balaban J connectivity index is 1.56. The van der Waals surface area contributed by atoms with Crippen LogP contribution in [0.15, 0.2) is 72.9 Å². The Morgan fingerprint density at radius 1 is 0.529 bits per heavy atom. The maximum atomic E-state index is 13.2. The Bertz CT molecular complexity index is 1570. The summed E-state index contributed by atoms with van der Waals surface area (Å²) in [7, 11) is 0. The number of carbonyl (C=O) groups excluding carboxylic acids is 1. The van der Waals surface area contributed by atoms with Crippen molar-refractivity contribution in [3.8, 4) is 0 Å². The number of rotatable bonds is 33. The topological polar surface area (TPSA) is 307 Å². The van der Waals surface area contributed by atoms with Crippen LogP contribution in [0, 0.1) is 0 Å². The van der Waals surface area contributed by atoms with Crippen molar-refractivity contribution in [3.05, 3.63) is 72.9 Å². The van der Waals surface area contributed by atoms with Crippen LogP contribution in [0.4, 0.5) is 0 Å². The normalized spacial score (nSPS) is 33.2. The van der Waals surface area contributed by atoms with Crippen LogP contribution in [-0.4, -0.2) is 193 Å². The molecule has 0 aliphatic carbocycles. The number of carbonyl (C=O) groups is 1. The molecule has 0 aromatic carbocycles. The quantitative estimate of drug-likeness (QED) is 0.0328. The van der Waals surface area contributed by atoms with E-state index in [4.69, 9.17) is 28.4 Å². The van der Waals surface area contributed by atoms with Crippen LogP contribution in [0.5, 0.6) is 0 Å². The summed E-state index contributed by atoms with van der Waals surface area (Å²) < 4.78 is 34.0. The monoisotopic (exact) mass is 1000 g/mol. The molecule has 17 unspecified atom stereocenters. The van der Waals surface area contributed by atoms with Crippen LogP contribution in [0.2, 0.25) is 0 Å². The molecule has 17 atom stereocenters. The summed E-state index contributed by atoms with van der Waals surface area (Å²) in [4.78, 5) is 13.2. The summed E-state index contributed by atoms with van der Waals surface area (Å²) in [5, 5.41) is 119. The van der Waals surface area contributed by atoms with Crippen LogP contribution in [0.3, 0.4) is 0 Å². The zero-order valence-corrected chi connectivity index (χ0v) is 41.0. The lowest BCUT2D eigenvalue weighted by Crippen LogP contribution is -2.66. The van der Waals surface area contributed by atoms with Gasteiger partial charge in [-0.1, -0.05) is 119 Å². The lowest BCUT2D eigenvalue weighted by Gasteiger charge is -2.48. The summed E-state index contributed by atoms with van der Waals surface area (Å²) >= 11 is 0. The molecule has 12 N–H and O–H groups in total. The summed E-state index contributed by atoms with van der Waals surface area (Å²) in [5.41, 5.74) is 0. The summed E-state index contributed by atoms with van der Waals surface area (Å²) in [5.74, 6) is -0.341. The highest BCUT2D eigenvalue weighted by molar-refractivity contribution is 5.76. The van der Waals surface area contributed by atoms with Gasteiger partial charge in [0.25, 0.3) is 0 Å². The second-order valence-corrected chi connectivity index (χ2v) is 17.9. The zero-order chi connectivity index (χ0) is 51.3. The van der Waals surface area contributed by atoms with Gasteiger partial charge in [-0.3, -0.25) is 4.79 Å². The molecule has 3 aliphatic heterocycles. The molecule has 0 saturated carbocycles. The van der Waals surface area contributed by atoms with Crippen LogP contribution in [0.1, 0.15) is 110 Å². The molecule has 19 heteroatoms. The Labute approximate surface area is 413 Å². The van der Waals surface area contributed by atoms with Crippen molar-refractivity contribution in [2.75, 3.05) is 26.4 Å². The Morgan fingerprint density at radius 2 is 0.986 bits per heavy atom. The summed E-state index contributed by atoms with van der Waals surface area (Å²) in [6, 6.07) is -1.00. The predicted molar refractivity (Wildman–Crippen MR) is 258 cm³/mol. The minimum Gasteiger partial charge on any atom is -0.394 e. The molecule has 3 aliphatic rings. The average molecular weight is 1000 g/mol. The third-order valence-corrected chi connectivity index (χ3v) is 12.3. The Kier molecular flexibility index (Phi) is 31.1. The van der Waals surface area contributed by atoms with Crippen LogP contribution in [-0.2, 0) is 33.2 Å². The predicted octanol–water partition coefficient (Wildman–Crippen LogP) is 1.53. The number of aliphatic hydroxyl groups is 11. The molecule has 3 saturated heterocycles. The zero-order valence-electron chi connectivity index (χ0n) is 41.0. The van der Waals surface area contributed by atoms with E-state index in [9.17, 15) is 61.0 Å². The first kappa shape index (κ1) is 61.5. The van der Waals surface area contributed by atoms with Gasteiger partial charge in [0.2, 0.25) is 5.91 Å². The van der Waals surface area contributed by atoms with E-state index < -0.39 is 124 Å². The van der Waals surface area contributed by atoms with E-state index in [0.717, 1.165) is 64.2 Å². The van der Waals surface area contributed by atoms with E-state index in [2.05, 4.69) is 67.8 Å². The van der Waals surface area contributed by atoms with Gasteiger partial charge in [-0.15, -0.1) is 0 Å². The van der Waals surface area contributed by atoms with E-state index in [-0.39, 0.29) is 18.9 Å². The Hall–Kier alpha value is -2.77. The second-order valence-electron chi connectivity index (χ2n) is 17.9. The lowest BCUT2D eigenvalue weighted by molar-refractivity contribution is -0.379. The van der Waals surface area contributed by atoms with Crippen molar-refractivity contribution >= 4 is 5.91 Å². The molecule has 19 nitrogen and oxygen atoms in total. The van der Waals surface area contributed by atoms with Gasteiger partial charge in [-0.05, 0) is 57.8 Å². The lowest BCUT2D eigenvalue weighted by atomic mass is 9.96. The molecule has 3 heterocycles.